The summed E-state index contributed by atoms with van der Waals surface area (Å²) in [6, 6.07) is 32.3. The Morgan fingerprint density at radius 1 is 0.864 bits per heavy atom. The van der Waals surface area contributed by atoms with Crippen LogP contribution in [0.5, 0.6) is 0 Å². The second-order valence-corrected chi connectivity index (χ2v) is 12.0. The number of carbonyl (C=O) groups excluding carboxylic acids is 3. The van der Waals surface area contributed by atoms with Crippen LogP contribution in [-0.2, 0) is 9.59 Å². The number of amides is 3. The summed E-state index contributed by atoms with van der Waals surface area (Å²) >= 11 is 9.08. The fourth-order valence-corrected chi connectivity index (χ4v) is 6.12. The summed E-state index contributed by atoms with van der Waals surface area (Å²) in [7, 11) is 0. The Morgan fingerprint density at radius 3 is 2.27 bits per heavy atom. The summed E-state index contributed by atoms with van der Waals surface area (Å²) in [5.41, 5.74) is 3.14. The van der Waals surface area contributed by atoms with E-state index in [0.717, 1.165) is 16.2 Å². The van der Waals surface area contributed by atoms with Gasteiger partial charge in [-0.05, 0) is 60.5 Å². The Kier molecular flexibility index (Phi) is 10.2. The van der Waals surface area contributed by atoms with E-state index < -0.39 is 17.1 Å². The van der Waals surface area contributed by atoms with Crippen molar-refractivity contribution < 1.29 is 14.4 Å². The number of halogens is 1. The predicted octanol–water partition coefficient (Wildman–Crippen LogP) is 7.99. The second kappa shape index (κ2) is 14.7. The van der Waals surface area contributed by atoms with Crippen LogP contribution in [0.2, 0.25) is 5.02 Å². The lowest BCUT2D eigenvalue weighted by Gasteiger charge is -2.17. The molecule has 4 aromatic carbocycles. The number of anilines is 2. The van der Waals surface area contributed by atoms with Crippen LogP contribution in [-0.4, -0.2) is 22.7 Å². The number of nitrogens with one attached hydrogen (secondary N) is 3. The summed E-state index contributed by atoms with van der Waals surface area (Å²) in [6.07, 6.45) is 1.53. The van der Waals surface area contributed by atoms with Crippen LogP contribution in [0.25, 0.3) is 6.08 Å². The van der Waals surface area contributed by atoms with E-state index in [1.807, 2.05) is 48.7 Å². The zero-order valence-electron chi connectivity index (χ0n) is 23.5. The van der Waals surface area contributed by atoms with Crippen LogP contribution in [0, 0.1) is 6.92 Å². The number of thiazole rings is 1. The minimum Gasteiger partial charge on any atom is -0.321 e. The predicted molar refractivity (Wildman–Crippen MR) is 179 cm³/mol. The molecule has 220 valence electrons. The zero-order chi connectivity index (χ0) is 30.9. The molecule has 0 aliphatic carbocycles. The van der Waals surface area contributed by atoms with Crippen molar-refractivity contribution in [3.8, 4) is 0 Å². The van der Waals surface area contributed by atoms with Gasteiger partial charge >= 0.3 is 0 Å². The average molecular weight is 639 g/mol. The molecule has 0 fully saturated rings. The standard InChI is InChI=1S/C34H27ClN4O3S2/c1-22-21-43-34(36-22)39-33(42)30(23-11-4-2-5-12-23)44-27-17-10-16-26(20-27)37-32(41)29(19-25-15-8-9-18-28(25)35)38-31(40)24-13-6-3-7-14-24/h2-21,30H,1H3,(H,37,41)(H,38,40)(H,36,39,42)/b29-19+. The van der Waals surface area contributed by atoms with E-state index in [4.69, 9.17) is 11.6 Å². The van der Waals surface area contributed by atoms with Gasteiger partial charge in [-0.1, -0.05) is 84.4 Å². The maximum Gasteiger partial charge on any atom is 0.272 e. The van der Waals surface area contributed by atoms with Gasteiger partial charge in [-0.15, -0.1) is 23.1 Å². The molecule has 0 saturated carbocycles. The van der Waals surface area contributed by atoms with Crippen molar-refractivity contribution >= 4 is 69.3 Å². The molecule has 0 spiro atoms. The normalized spacial score (nSPS) is 11.8. The molecule has 1 unspecified atom stereocenters. The van der Waals surface area contributed by atoms with Gasteiger partial charge in [0.2, 0.25) is 5.91 Å². The Morgan fingerprint density at radius 2 is 1.57 bits per heavy atom. The van der Waals surface area contributed by atoms with E-state index in [-0.39, 0.29) is 11.6 Å². The van der Waals surface area contributed by atoms with Crippen LogP contribution in [0.15, 0.2) is 125 Å². The number of hydrogen-bond acceptors (Lipinski definition) is 6. The maximum absolute atomic E-state index is 13.5. The van der Waals surface area contributed by atoms with Crippen LogP contribution in [0.1, 0.15) is 32.4 Å². The Bertz CT molecular complexity index is 1810. The van der Waals surface area contributed by atoms with Gasteiger partial charge in [0, 0.05) is 26.5 Å². The third-order valence-electron chi connectivity index (χ3n) is 6.27. The number of thioether (sulfide) groups is 1. The van der Waals surface area contributed by atoms with Crippen molar-refractivity contribution in [3.05, 3.63) is 148 Å². The first kappa shape index (κ1) is 30.7. The largest absolute Gasteiger partial charge is 0.321 e. The highest BCUT2D eigenvalue weighted by Gasteiger charge is 2.23. The quantitative estimate of drug-likeness (QED) is 0.106. The first-order valence-corrected chi connectivity index (χ1v) is 15.7. The van der Waals surface area contributed by atoms with E-state index in [0.29, 0.717) is 27.0 Å². The van der Waals surface area contributed by atoms with Crippen LogP contribution < -0.4 is 16.0 Å². The van der Waals surface area contributed by atoms with Crippen molar-refractivity contribution in [3.63, 3.8) is 0 Å². The number of benzene rings is 4. The first-order chi connectivity index (χ1) is 21.4. The van der Waals surface area contributed by atoms with E-state index >= 15 is 0 Å². The molecule has 0 radical (unpaired) electrons. The molecule has 0 bridgehead atoms. The highest BCUT2D eigenvalue weighted by Crippen LogP contribution is 2.37. The fraction of sp³-hybridized carbons (Fsp3) is 0.0588. The summed E-state index contributed by atoms with van der Waals surface area (Å²) in [6.45, 7) is 1.87. The molecule has 1 aromatic heterocycles. The molecule has 7 nitrogen and oxygen atoms in total. The number of carbonyl (C=O) groups is 3. The number of nitrogens with zero attached hydrogens (tertiary/aromatic N) is 1. The Labute approximate surface area is 268 Å². The van der Waals surface area contributed by atoms with Crippen LogP contribution in [0.3, 0.4) is 0 Å². The number of hydrogen-bond donors (Lipinski definition) is 3. The van der Waals surface area contributed by atoms with Gasteiger partial charge in [0.25, 0.3) is 11.8 Å². The number of rotatable bonds is 10. The van der Waals surface area contributed by atoms with Gasteiger partial charge in [0.1, 0.15) is 10.9 Å². The smallest absolute Gasteiger partial charge is 0.272 e. The SMILES string of the molecule is Cc1csc(NC(=O)C(Sc2cccc(NC(=O)/C(=C\c3ccccc3Cl)NC(=O)c3ccccc3)c2)c2ccccc2)n1. The lowest BCUT2D eigenvalue weighted by atomic mass is 10.1. The summed E-state index contributed by atoms with van der Waals surface area (Å²) in [4.78, 5) is 45.1. The second-order valence-electron chi connectivity index (χ2n) is 9.57. The van der Waals surface area contributed by atoms with E-state index in [2.05, 4.69) is 20.9 Å². The molecule has 5 rings (SSSR count). The van der Waals surface area contributed by atoms with Gasteiger partial charge in [0.15, 0.2) is 5.13 Å². The van der Waals surface area contributed by atoms with Crippen molar-refractivity contribution in [2.75, 3.05) is 10.6 Å². The van der Waals surface area contributed by atoms with Gasteiger partial charge in [-0.2, -0.15) is 0 Å². The topological polar surface area (TPSA) is 100 Å². The minimum absolute atomic E-state index is 0.0188. The third-order valence-corrected chi connectivity index (χ3v) is 8.74. The minimum atomic E-state index is -0.577. The van der Waals surface area contributed by atoms with Gasteiger partial charge in [-0.3, -0.25) is 14.4 Å². The lowest BCUT2D eigenvalue weighted by Crippen LogP contribution is -2.30. The van der Waals surface area contributed by atoms with E-state index in [9.17, 15) is 14.4 Å². The summed E-state index contributed by atoms with van der Waals surface area (Å²) in [5, 5.41) is 10.8. The summed E-state index contributed by atoms with van der Waals surface area (Å²) in [5.74, 6) is -1.18. The van der Waals surface area contributed by atoms with Gasteiger partial charge < -0.3 is 16.0 Å². The van der Waals surface area contributed by atoms with Crippen molar-refractivity contribution in [1.29, 1.82) is 0 Å². The zero-order valence-corrected chi connectivity index (χ0v) is 25.9. The molecule has 3 N–H and O–H groups in total. The molecule has 3 amide bonds. The highest BCUT2D eigenvalue weighted by molar-refractivity contribution is 8.00. The number of aryl methyl sites for hydroxylation is 1. The molecule has 44 heavy (non-hydrogen) atoms. The maximum atomic E-state index is 13.5. The van der Waals surface area contributed by atoms with Crippen LogP contribution >= 0.6 is 34.7 Å². The molecular formula is C34H27ClN4O3S2. The summed E-state index contributed by atoms with van der Waals surface area (Å²) < 4.78 is 0. The molecule has 5 aromatic rings. The monoisotopic (exact) mass is 638 g/mol. The van der Waals surface area contributed by atoms with E-state index in [1.54, 1.807) is 72.8 Å². The van der Waals surface area contributed by atoms with Crippen molar-refractivity contribution in [1.82, 2.24) is 10.3 Å². The fourth-order valence-electron chi connectivity index (χ4n) is 4.15. The molecule has 0 aliphatic rings. The third kappa shape index (κ3) is 8.23. The van der Waals surface area contributed by atoms with Crippen LogP contribution in [0.4, 0.5) is 10.8 Å². The van der Waals surface area contributed by atoms with Crippen molar-refractivity contribution in [2.45, 2.75) is 17.1 Å². The first-order valence-electron chi connectivity index (χ1n) is 13.5. The van der Waals surface area contributed by atoms with Gasteiger partial charge in [0.05, 0.1) is 5.69 Å². The average Bonchev–Trinajstić information content (AvgIpc) is 3.45. The molecule has 1 atom stereocenters. The van der Waals surface area contributed by atoms with Gasteiger partial charge in [-0.25, -0.2) is 4.98 Å². The van der Waals surface area contributed by atoms with E-state index in [1.165, 1.54) is 29.2 Å². The Hall–Kier alpha value is -4.70. The molecule has 0 saturated heterocycles. The molecular weight excluding hydrogens is 612 g/mol. The number of aromatic nitrogens is 1. The van der Waals surface area contributed by atoms with Crippen molar-refractivity contribution in [2.24, 2.45) is 0 Å². The highest BCUT2D eigenvalue weighted by atomic mass is 35.5. The molecule has 0 aliphatic heterocycles. The Balaban J connectivity index is 1.38. The molecule has 10 heteroatoms. The lowest BCUT2D eigenvalue weighted by molar-refractivity contribution is -0.116. The molecule has 1 heterocycles.